The predicted molar refractivity (Wildman–Crippen MR) is 78.5 cm³/mol. The lowest BCUT2D eigenvalue weighted by atomic mass is 10.1. The lowest BCUT2D eigenvalue weighted by Gasteiger charge is -2.35. The number of carbonyl (C=O) groups excluding carboxylic acids is 2. The fraction of sp³-hybridized carbons (Fsp3) is 0.385. The third-order valence-corrected chi connectivity index (χ3v) is 4.21. The van der Waals surface area contributed by atoms with Crippen LogP contribution in [-0.2, 0) is 9.59 Å². The van der Waals surface area contributed by atoms with Gasteiger partial charge < -0.3 is 5.32 Å². The number of aryl methyl sites for hydroxylation is 1. The van der Waals surface area contributed by atoms with Crippen LogP contribution in [0, 0.1) is 6.92 Å². The third-order valence-electron chi connectivity index (χ3n) is 3.17. The Balaban J connectivity index is 2.51. The average molecular weight is 346 g/mol. The molecule has 2 amide bonds. The molecule has 1 heterocycles. The third kappa shape index (κ3) is 2.62. The Morgan fingerprint density at radius 2 is 2.16 bits per heavy atom. The maximum Gasteiger partial charge on any atom is 0.247 e. The summed E-state index contributed by atoms with van der Waals surface area (Å²) < 4.78 is 0.760. The van der Waals surface area contributed by atoms with Crippen molar-refractivity contribution < 1.29 is 9.59 Å². The first kappa shape index (κ1) is 14.3. The molecule has 0 bridgehead atoms. The standard InChI is InChI=1S/C13H14BrClN2O2/c1-3-10-13(19)16-6-12(18)17(10)11-5-9(15)7(2)4-8(11)14/h4-5,10H,3,6H2,1-2H3,(H,16,19). The number of amides is 2. The molecule has 1 saturated heterocycles. The highest BCUT2D eigenvalue weighted by molar-refractivity contribution is 9.10. The van der Waals surface area contributed by atoms with Crippen LogP contribution < -0.4 is 10.2 Å². The second-order valence-electron chi connectivity index (χ2n) is 4.46. The minimum absolute atomic E-state index is 0.0211. The highest BCUT2D eigenvalue weighted by Crippen LogP contribution is 2.34. The molecule has 1 aromatic rings. The van der Waals surface area contributed by atoms with E-state index in [9.17, 15) is 9.59 Å². The van der Waals surface area contributed by atoms with E-state index in [0.717, 1.165) is 10.0 Å². The van der Waals surface area contributed by atoms with Crippen LogP contribution in [-0.4, -0.2) is 24.4 Å². The van der Waals surface area contributed by atoms with Gasteiger partial charge in [0.2, 0.25) is 11.8 Å². The van der Waals surface area contributed by atoms with Crippen LogP contribution in [0.5, 0.6) is 0 Å². The van der Waals surface area contributed by atoms with E-state index in [1.165, 1.54) is 4.90 Å². The summed E-state index contributed by atoms with van der Waals surface area (Å²) in [5.41, 5.74) is 1.56. The van der Waals surface area contributed by atoms with Gasteiger partial charge in [0.1, 0.15) is 6.04 Å². The van der Waals surface area contributed by atoms with Crippen molar-refractivity contribution in [2.45, 2.75) is 26.3 Å². The number of carbonyl (C=O) groups is 2. The van der Waals surface area contributed by atoms with Crippen molar-refractivity contribution in [3.63, 3.8) is 0 Å². The fourth-order valence-corrected chi connectivity index (χ4v) is 2.95. The number of piperazine rings is 1. The lowest BCUT2D eigenvalue weighted by molar-refractivity contribution is -0.131. The molecule has 102 valence electrons. The van der Waals surface area contributed by atoms with Crippen LogP contribution in [0.2, 0.25) is 5.02 Å². The van der Waals surface area contributed by atoms with Crippen molar-refractivity contribution in [1.29, 1.82) is 0 Å². The van der Waals surface area contributed by atoms with E-state index in [1.807, 2.05) is 19.9 Å². The summed E-state index contributed by atoms with van der Waals surface area (Å²) in [6, 6.07) is 3.08. The van der Waals surface area contributed by atoms with E-state index in [0.29, 0.717) is 17.1 Å². The van der Waals surface area contributed by atoms with Crippen LogP contribution in [0.4, 0.5) is 5.69 Å². The van der Waals surface area contributed by atoms with Gasteiger partial charge in [0, 0.05) is 9.50 Å². The Kier molecular flexibility index (Phi) is 4.16. The Morgan fingerprint density at radius 1 is 1.47 bits per heavy atom. The molecule has 1 atom stereocenters. The van der Waals surface area contributed by atoms with Gasteiger partial charge in [-0.25, -0.2) is 0 Å². The van der Waals surface area contributed by atoms with Crippen molar-refractivity contribution >= 4 is 45.0 Å². The topological polar surface area (TPSA) is 49.4 Å². The monoisotopic (exact) mass is 344 g/mol. The first-order valence-corrected chi connectivity index (χ1v) is 7.18. The zero-order valence-corrected chi connectivity index (χ0v) is 13.0. The highest BCUT2D eigenvalue weighted by Gasteiger charge is 2.35. The molecule has 4 nitrogen and oxygen atoms in total. The number of halogens is 2. The summed E-state index contributed by atoms with van der Waals surface area (Å²) in [7, 11) is 0. The summed E-state index contributed by atoms with van der Waals surface area (Å²) in [6.45, 7) is 3.78. The summed E-state index contributed by atoms with van der Waals surface area (Å²) in [4.78, 5) is 25.5. The van der Waals surface area contributed by atoms with Gasteiger partial charge in [-0.05, 0) is 47.0 Å². The van der Waals surface area contributed by atoms with Crippen molar-refractivity contribution in [3.05, 3.63) is 27.2 Å². The van der Waals surface area contributed by atoms with Gasteiger partial charge in [-0.15, -0.1) is 0 Å². The van der Waals surface area contributed by atoms with E-state index in [-0.39, 0.29) is 18.4 Å². The Morgan fingerprint density at radius 3 is 2.79 bits per heavy atom. The van der Waals surface area contributed by atoms with Gasteiger partial charge in [0.15, 0.2) is 0 Å². The van der Waals surface area contributed by atoms with E-state index < -0.39 is 6.04 Å². The SMILES string of the molecule is CCC1C(=O)NCC(=O)N1c1cc(Cl)c(C)cc1Br. The molecule has 1 aliphatic rings. The maximum absolute atomic E-state index is 12.1. The van der Waals surface area contributed by atoms with Crippen molar-refractivity contribution in [1.82, 2.24) is 5.32 Å². The van der Waals surface area contributed by atoms with Crippen LogP contribution in [0.15, 0.2) is 16.6 Å². The van der Waals surface area contributed by atoms with Gasteiger partial charge in [-0.3, -0.25) is 14.5 Å². The van der Waals surface area contributed by atoms with Gasteiger partial charge in [-0.1, -0.05) is 18.5 Å². The number of nitrogens with zero attached hydrogens (tertiary/aromatic N) is 1. The zero-order valence-electron chi connectivity index (χ0n) is 10.7. The number of anilines is 1. The summed E-state index contributed by atoms with van der Waals surface area (Å²) in [5, 5.41) is 3.18. The minimum Gasteiger partial charge on any atom is -0.345 e. The van der Waals surface area contributed by atoms with Crippen LogP contribution in [0.25, 0.3) is 0 Å². The van der Waals surface area contributed by atoms with Crippen LogP contribution in [0.3, 0.4) is 0 Å². The quantitative estimate of drug-likeness (QED) is 0.896. The molecule has 0 aliphatic carbocycles. The Bertz CT molecular complexity index is 548. The molecule has 0 spiro atoms. The van der Waals surface area contributed by atoms with E-state index in [1.54, 1.807) is 6.07 Å². The van der Waals surface area contributed by atoms with Gasteiger partial charge >= 0.3 is 0 Å². The molecule has 0 saturated carbocycles. The minimum atomic E-state index is -0.490. The maximum atomic E-state index is 12.1. The number of hydrogen-bond donors (Lipinski definition) is 1. The van der Waals surface area contributed by atoms with Crippen molar-refractivity contribution in [2.75, 3.05) is 11.4 Å². The normalized spacial score (nSPS) is 19.6. The lowest BCUT2D eigenvalue weighted by Crippen LogP contribution is -2.58. The molecule has 1 N–H and O–H groups in total. The first-order valence-electron chi connectivity index (χ1n) is 6.01. The zero-order chi connectivity index (χ0) is 14.2. The number of hydrogen-bond acceptors (Lipinski definition) is 2. The summed E-state index contributed by atoms with van der Waals surface area (Å²) in [6.07, 6.45) is 0.551. The highest BCUT2D eigenvalue weighted by atomic mass is 79.9. The summed E-state index contributed by atoms with van der Waals surface area (Å²) >= 11 is 9.56. The Labute approximate surface area is 125 Å². The molecule has 1 aliphatic heterocycles. The predicted octanol–water partition coefficient (Wildman–Crippen LogP) is 2.65. The molecule has 0 aromatic heterocycles. The van der Waals surface area contributed by atoms with Gasteiger partial charge in [0.25, 0.3) is 0 Å². The van der Waals surface area contributed by atoms with Gasteiger partial charge in [-0.2, -0.15) is 0 Å². The van der Waals surface area contributed by atoms with E-state index >= 15 is 0 Å². The smallest absolute Gasteiger partial charge is 0.247 e. The number of benzene rings is 1. The van der Waals surface area contributed by atoms with Crippen molar-refractivity contribution in [3.8, 4) is 0 Å². The Hall–Kier alpha value is -1.07. The van der Waals surface area contributed by atoms with Crippen LogP contribution >= 0.6 is 27.5 Å². The second kappa shape index (κ2) is 5.51. The number of nitrogens with one attached hydrogen (secondary N) is 1. The molecular formula is C13H14BrClN2O2. The largest absolute Gasteiger partial charge is 0.345 e. The molecule has 6 heteroatoms. The first-order chi connectivity index (χ1) is 8.95. The molecule has 1 fully saturated rings. The molecule has 19 heavy (non-hydrogen) atoms. The van der Waals surface area contributed by atoms with E-state index in [4.69, 9.17) is 11.6 Å². The molecular weight excluding hydrogens is 332 g/mol. The summed E-state index contributed by atoms with van der Waals surface area (Å²) in [5.74, 6) is -0.266. The van der Waals surface area contributed by atoms with Crippen LogP contribution in [0.1, 0.15) is 18.9 Å². The molecule has 1 aromatic carbocycles. The molecule has 0 radical (unpaired) electrons. The van der Waals surface area contributed by atoms with Gasteiger partial charge in [0.05, 0.1) is 12.2 Å². The second-order valence-corrected chi connectivity index (χ2v) is 5.72. The molecule has 2 rings (SSSR count). The molecule has 1 unspecified atom stereocenters. The van der Waals surface area contributed by atoms with E-state index in [2.05, 4.69) is 21.2 Å². The van der Waals surface area contributed by atoms with Crippen molar-refractivity contribution in [2.24, 2.45) is 0 Å². The average Bonchev–Trinajstić information content (AvgIpc) is 2.36. The number of rotatable bonds is 2. The fourth-order valence-electron chi connectivity index (χ4n) is 2.15.